The quantitative estimate of drug-likeness (QED) is 0.845. The normalized spacial score (nSPS) is 23.7. The Morgan fingerprint density at radius 3 is 2.23 bits per heavy atom. The van der Waals surface area contributed by atoms with E-state index >= 15 is 0 Å². The highest BCUT2D eigenvalue weighted by molar-refractivity contribution is 5.32. The minimum atomic E-state index is -0.436. The number of ether oxygens (including phenoxy) is 1. The van der Waals surface area contributed by atoms with Gasteiger partial charge in [-0.15, -0.1) is 0 Å². The summed E-state index contributed by atoms with van der Waals surface area (Å²) in [5.41, 5.74) is 2.38. The van der Waals surface area contributed by atoms with E-state index in [1.807, 2.05) is 12.1 Å². The molecule has 3 nitrogen and oxygen atoms in total. The monoisotopic (exact) mass is 326 g/mol. The highest BCUT2D eigenvalue weighted by Crippen LogP contribution is 2.23. The first kappa shape index (κ1) is 19.3. The van der Waals surface area contributed by atoms with Gasteiger partial charge in [-0.05, 0) is 63.8 Å². The number of halogens is 1. The zero-order valence-corrected chi connectivity index (χ0v) is 14.9. The molecule has 0 aliphatic carbocycles. The SMILES string of the molecule is Cc1cc(C)cc(OCC(O)CN2C(C)CCCC2C)c1.[Cl-]. The Labute approximate surface area is 141 Å². The highest BCUT2D eigenvalue weighted by atomic mass is 35.5. The van der Waals surface area contributed by atoms with Gasteiger partial charge in [-0.1, -0.05) is 12.5 Å². The lowest BCUT2D eigenvalue weighted by atomic mass is 9.97. The van der Waals surface area contributed by atoms with Gasteiger partial charge >= 0.3 is 0 Å². The molecule has 2 rings (SSSR count). The standard InChI is InChI=1S/C18H29NO2.ClH/c1-13-8-14(2)10-18(9-13)21-12-17(20)11-19-15(3)6-5-7-16(19)4;/h8-10,15-17,20H,5-7,11-12H2,1-4H3;1H/p-1. The van der Waals surface area contributed by atoms with Gasteiger partial charge in [0.25, 0.3) is 0 Å². The number of aryl methyl sites for hydroxylation is 2. The maximum atomic E-state index is 10.3. The molecule has 1 aliphatic heterocycles. The highest BCUT2D eigenvalue weighted by Gasteiger charge is 2.26. The van der Waals surface area contributed by atoms with Gasteiger partial charge in [0, 0.05) is 18.6 Å². The van der Waals surface area contributed by atoms with Crippen LogP contribution < -0.4 is 17.1 Å². The topological polar surface area (TPSA) is 32.7 Å². The fourth-order valence-electron chi connectivity index (χ4n) is 3.34. The second-order valence-electron chi connectivity index (χ2n) is 6.61. The first-order chi connectivity index (χ1) is 9.95. The third-order valence-corrected chi connectivity index (χ3v) is 4.44. The van der Waals surface area contributed by atoms with Crippen LogP contribution in [0.4, 0.5) is 0 Å². The first-order valence-corrected chi connectivity index (χ1v) is 8.10. The third kappa shape index (κ3) is 5.45. The number of nitrogens with zero attached hydrogens (tertiary/aromatic N) is 1. The summed E-state index contributed by atoms with van der Waals surface area (Å²) in [7, 11) is 0. The Morgan fingerprint density at radius 2 is 1.68 bits per heavy atom. The molecule has 1 saturated heterocycles. The Bertz CT molecular complexity index is 436. The molecular formula is C18H29ClNO2-. The van der Waals surface area contributed by atoms with Crippen LogP contribution in [0.5, 0.6) is 5.75 Å². The van der Waals surface area contributed by atoms with Crippen LogP contribution in [0.25, 0.3) is 0 Å². The minimum Gasteiger partial charge on any atom is -1.00 e. The number of aliphatic hydroxyl groups excluding tert-OH is 1. The van der Waals surface area contributed by atoms with E-state index in [9.17, 15) is 5.11 Å². The van der Waals surface area contributed by atoms with E-state index in [1.54, 1.807) is 0 Å². The molecule has 0 aromatic heterocycles. The van der Waals surface area contributed by atoms with Crippen LogP contribution in [0.1, 0.15) is 44.2 Å². The molecule has 4 heteroatoms. The molecule has 22 heavy (non-hydrogen) atoms. The van der Waals surface area contributed by atoms with Gasteiger partial charge in [0.2, 0.25) is 0 Å². The number of rotatable bonds is 5. The van der Waals surface area contributed by atoms with Crippen LogP contribution in [0.2, 0.25) is 0 Å². The first-order valence-electron chi connectivity index (χ1n) is 8.10. The molecule has 1 aliphatic rings. The minimum absolute atomic E-state index is 0. The van der Waals surface area contributed by atoms with Crippen LogP contribution in [-0.2, 0) is 0 Å². The fourth-order valence-corrected chi connectivity index (χ4v) is 3.34. The zero-order chi connectivity index (χ0) is 15.4. The van der Waals surface area contributed by atoms with E-state index < -0.39 is 6.10 Å². The molecule has 1 N–H and O–H groups in total. The summed E-state index contributed by atoms with van der Waals surface area (Å²) >= 11 is 0. The van der Waals surface area contributed by atoms with Crippen LogP contribution >= 0.6 is 0 Å². The summed E-state index contributed by atoms with van der Waals surface area (Å²) in [5, 5.41) is 10.3. The summed E-state index contributed by atoms with van der Waals surface area (Å²) in [6.45, 7) is 9.70. The van der Waals surface area contributed by atoms with Gasteiger partial charge in [0.15, 0.2) is 0 Å². The molecule has 1 heterocycles. The largest absolute Gasteiger partial charge is 1.00 e. The van der Waals surface area contributed by atoms with Gasteiger partial charge in [-0.3, -0.25) is 4.90 Å². The van der Waals surface area contributed by atoms with Crippen molar-refractivity contribution in [3.05, 3.63) is 29.3 Å². The number of benzene rings is 1. The molecule has 0 saturated carbocycles. The number of β-amino-alcohol motifs (C(OH)–C–C–N with tert-alkyl or cyclic N) is 1. The Morgan fingerprint density at radius 1 is 1.14 bits per heavy atom. The Hall–Kier alpha value is -0.770. The van der Waals surface area contributed by atoms with Crippen LogP contribution in [0.15, 0.2) is 18.2 Å². The average molecular weight is 327 g/mol. The second-order valence-corrected chi connectivity index (χ2v) is 6.61. The van der Waals surface area contributed by atoms with Crippen molar-refractivity contribution in [2.24, 2.45) is 0 Å². The van der Waals surface area contributed by atoms with Crippen molar-refractivity contribution >= 4 is 0 Å². The predicted octanol–water partition coefficient (Wildman–Crippen LogP) is 0.310. The molecule has 3 unspecified atom stereocenters. The maximum Gasteiger partial charge on any atom is 0.119 e. The molecular weight excluding hydrogens is 298 g/mol. The summed E-state index contributed by atoms with van der Waals surface area (Å²) in [5.74, 6) is 0.853. The van der Waals surface area contributed by atoms with Gasteiger partial charge in [0.05, 0.1) is 0 Å². The van der Waals surface area contributed by atoms with Crippen molar-refractivity contribution in [2.75, 3.05) is 13.2 Å². The number of piperidine rings is 1. The molecule has 3 atom stereocenters. The predicted molar refractivity (Wildman–Crippen MR) is 86.9 cm³/mol. The zero-order valence-electron chi connectivity index (χ0n) is 14.2. The summed E-state index contributed by atoms with van der Waals surface area (Å²) in [6, 6.07) is 7.28. The lowest BCUT2D eigenvalue weighted by Gasteiger charge is -2.40. The fraction of sp³-hybridized carbons (Fsp3) is 0.667. The number of hydrogen-bond acceptors (Lipinski definition) is 3. The lowest BCUT2D eigenvalue weighted by Crippen LogP contribution is -3.00. The molecule has 1 aromatic carbocycles. The van der Waals surface area contributed by atoms with Gasteiger partial charge in [0.1, 0.15) is 18.5 Å². The molecule has 1 aromatic rings. The number of likely N-dealkylation sites (tertiary alicyclic amines) is 1. The van der Waals surface area contributed by atoms with E-state index in [-0.39, 0.29) is 12.4 Å². The van der Waals surface area contributed by atoms with Gasteiger partial charge in [-0.2, -0.15) is 0 Å². The summed E-state index contributed by atoms with van der Waals surface area (Å²) < 4.78 is 5.76. The number of aliphatic hydroxyl groups is 1. The van der Waals surface area contributed by atoms with Crippen molar-refractivity contribution < 1.29 is 22.3 Å². The van der Waals surface area contributed by atoms with Crippen LogP contribution in [0, 0.1) is 13.8 Å². The van der Waals surface area contributed by atoms with Gasteiger partial charge in [-0.25, -0.2) is 0 Å². The van der Waals surface area contributed by atoms with E-state index in [0.29, 0.717) is 25.2 Å². The van der Waals surface area contributed by atoms with Crippen molar-refractivity contribution in [2.45, 2.75) is 65.1 Å². The molecule has 0 bridgehead atoms. The van der Waals surface area contributed by atoms with Crippen LogP contribution in [0.3, 0.4) is 0 Å². The molecule has 126 valence electrons. The summed E-state index contributed by atoms with van der Waals surface area (Å²) in [4.78, 5) is 2.42. The number of hydrogen-bond donors (Lipinski definition) is 1. The Balaban J connectivity index is 0.00000242. The van der Waals surface area contributed by atoms with Crippen molar-refractivity contribution in [1.29, 1.82) is 0 Å². The molecule has 0 amide bonds. The van der Waals surface area contributed by atoms with E-state index in [1.165, 1.54) is 30.4 Å². The molecule has 1 fully saturated rings. The molecule has 0 radical (unpaired) electrons. The second kappa shape index (κ2) is 8.76. The van der Waals surface area contributed by atoms with E-state index in [0.717, 1.165) is 5.75 Å². The third-order valence-electron chi connectivity index (χ3n) is 4.44. The maximum absolute atomic E-state index is 10.3. The average Bonchev–Trinajstić information content (AvgIpc) is 2.40. The van der Waals surface area contributed by atoms with Gasteiger partial charge < -0.3 is 22.3 Å². The van der Waals surface area contributed by atoms with Crippen LogP contribution in [-0.4, -0.2) is 41.3 Å². The smallest absolute Gasteiger partial charge is 0.119 e. The summed E-state index contributed by atoms with van der Waals surface area (Å²) in [6.07, 6.45) is 3.33. The van der Waals surface area contributed by atoms with Crippen molar-refractivity contribution in [1.82, 2.24) is 4.90 Å². The van der Waals surface area contributed by atoms with Crippen molar-refractivity contribution in [3.8, 4) is 5.75 Å². The van der Waals surface area contributed by atoms with E-state index in [4.69, 9.17) is 4.74 Å². The lowest BCUT2D eigenvalue weighted by molar-refractivity contribution is -0.00000655. The Kier molecular flexibility index (Phi) is 7.67. The van der Waals surface area contributed by atoms with Crippen molar-refractivity contribution in [3.63, 3.8) is 0 Å². The molecule has 0 spiro atoms. The van der Waals surface area contributed by atoms with E-state index in [2.05, 4.69) is 38.7 Å².